The number of aliphatic imine (C=N–C) groups is 1. The van der Waals surface area contributed by atoms with Crippen molar-refractivity contribution in [3.8, 4) is 0 Å². The van der Waals surface area contributed by atoms with Gasteiger partial charge >= 0.3 is 0 Å². The van der Waals surface area contributed by atoms with E-state index in [-0.39, 0.29) is 11.9 Å². The number of anilines is 1. The highest BCUT2D eigenvalue weighted by Gasteiger charge is 2.17. The molecule has 0 spiro atoms. The molecule has 2 heterocycles. The Morgan fingerprint density at radius 1 is 1.29 bits per heavy atom. The summed E-state index contributed by atoms with van der Waals surface area (Å²) >= 11 is 0. The second-order valence-corrected chi connectivity index (χ2v) is 6.88. The first-order valence-electron chi connectivity index (χ1n) is 9.64. The van der Waals surface area contributed by atoms with Crippen LogP contribution >= 0.6 is 0 Å². The summed E-state index contributed by atoms with van der Waals surface area (Å²) in [6, 6.07) is 10.8. The van der Waals surface area contributed by atoms with E-state index < -0.39 is 0 Å². The summed E-state index contributed by atoms with van der Waals surface area (Å²) in [5.74, 6) is 1.49. The van der Waals surface area contributed by atoms with E-state index in [0.29, 0.717) is 19.0 Å². The Balaban J connectivity index is 1.44. The van der Waals surface area contributed by atoms with Gasteiger partial charge in [0.05, 0.1) is 12.7 Å². The summed E-state index contributed by atoms with van der Waals surface area (Å²) < 4.78 is 18.8. The van der Waals surface area contributed by atoms with Crippen LogP contribution in [0.4, 0.5) is 10.2 Å². The van der Waals surface area contributed by atoms with Gasteiger partial charge in [-0.25, -0.2) is 9.37 Å². The molecule has 1 aromatic carbocycles. The third-order valence-corrected chi connectivity index (χ3v) is 4.65. The minimum Gasteiger partial charge on any atom is -0.375 e. The average Bonchev–Trinajstić information content (AvgIpc) is 2.71. The summed E-state index contributed by atoms with van der Waals surface area (Å²) in [5, 5.41) is 6.53. The summed E-state index contributed by atoms with van der Waals surface area (Å²) in [4.78, 5) is 11.1. The first-order chi connectivity index (χ1) is 13.6. The minimum atomic E-state index is -0.206. The molecular formula is C21H28FN5O. The fourth-order valence-corrected chi connectivity index (χ4v) is 3.16. The van der Waals surface area contributed by atoms with E-state index in [4.69, 9.17) is 4.74 Å². The number of nitrogens with zero attached hydrogens (tertiary/aromatic N) is 3. The zero-order chi connectivity index (χ0) is 19.8. The van der Waals surface area contributed by atoms with Gasteiger partial charge in [-0.15, -0.1) is 0 Å². The van der Waals surface area contributed by atoms with E-state index in [9.17, 15) is 4.39 Å². The number of ether oxygens (including phenoxy) is 1. The zero-order valence-electron chi connectivity index (χ0n) is 16.5. The lowest BCUT2D eigenvalue weighted by Gasteiger charge is -2.32. The van der Waals surface area contributed by atoms with Crippen molar-refractivity contribution in [3.05, 3.63) is 59.5 Å². The van der Waals surface area contributed by atoms with Gasteiger partial charge in [-0.3, -0.25) is 4.99 Å². The quantitative estimate of drug-likeness (QED) is 0.590. The van der Waals surface area contributed by atoms with Crippen molar-refractivity contribution in [2.24, 2.45) is 4.99 Å². The molecule has 1 aromatic heterocycles. The molecule has 0 bridgehead atoms. The van der Waals surface area contributed by atoms with Crippen LogP contribution in [0.15, 0.2) is 47.6 Å². The molecular weight excluding hydrogens is 357 g/mol. The topological polar surface area (TPSA) is 61.8 Å². The number of hydrogen-bond donors (Lipinski definition) is 2. The molecule has 0 aliphatic carbocycles. The Kier molecular flexibility index (Phi) is 7.19. The number of morpholine rings is 1. The highest BCUT2D eigenvalue weighted by molar-refractivity contribution is 5.79. The van der Waals surface area contributed by atoms with Crippen molar-refractivity contribution >= 4 is 11.8 Å². The zero-order valence-corrected chi connectivity index (χ0v) is 16.5. The maximum atomic E-state index is 13.2. The molecule has 0 radical (unpaired) electrons. The number of halogens is 1. The fourth-order valence-electron chi connectivity index (χ4n) is 3.16. The second-order valence-electron chi connectivity index (χ2n) is 6.88. The molecule has 1 aliphatic rings. The maximum absolute atomic E-state index is 13.2. The second kappa shape index (κ2) is 10.0. The van der Waals surface area contributed by atoms with Crippen LogP contribution in [0.1, 0.15) is 18.1 Å². The van der Waals surface area contributed by atoms with Crippen molar-refractivity contribution in [3.63, 3.8) is 0 Å². The van der Waals surface area contributed by atoms with Crippen LogP contribution in [0.25, 0.3) is 0 Å². The first-order valence-corrected chi connectivity index (χ1v) is 9.64. The fraction of sp³-hybridized carbons (Fsp3) is 0.429. The number of nitrogens with one attached hydrogen (secondary N) is 2. The average molecular weight is 385 g/mol. The summed E-state index contributed by atoms with van der Waals surface area (Å²) in [6.07, 6.45) is 2.86. The van der Waals surface area contributed by atoms with Gasteiger partial charge in [0.15, 0.2) is 5.96 Å². The lowest BCUT2D eigenvalue weighted by Crippen LogP contribution is -2.41. The highest BCUT2D eigenvalue weighted by atomic mass is 19.1. The number of benzene rings is 1. The van der Waals surface area contributed by atoms with Gasteiger partial charge < -0.3 is 20.3 Å². The van der Waals surface area contributed by atoms with Crippen molar-refractivity contribution in [1.82, 2.24) is 15.6 Å². The molecule has 1 saturated heterocycles. The van der Waals surface area contributed by atoms with Crippen molar-refractivity contribution < 1.29 is 9.13 Å². The Morgan fingerprint density at radius 2 is 2.18 bits per heavy atom. The Morgan fingerprint density at radius 3 is 2.89 bits per heavy atom. The monoisotopic (exact) mass is 385 g/mol. The van der Waals surface area contributed by atoms with Crippen molar-refractivity contribution in [2.75, 3.05) is 38.2 Å². The van der Waals surface area contributed by atoms with Crippen LogP contribution in [0.2, 0.25) is 0 Å². The molecule has 1 unspecified atom stereocenters. The molecule has 3 rings (SSSR count). The molecule has 6 nitrogen and oxygen atoms in total. The third-order valence-electron chi connectivity index (χ3n) is 4.65. The Hall–Kier alpha value is -2.67. The first kappa shape index (κ1) is 20.1. The summed E-state index contributed by atoms with van der Waals surface area (Å²) in [7, 11) is 1.73. The lowest BCUT2D eigenvalue weighted by atomic mass is 10.1. The normalized spacial score (nSPS) is 17.5. The maximum Gasteiger partial charge on any atom is 0.191 e. The third kappa shape index (κ3) is 5.92. The van der Waals surface area contributed by atoms with Gasteiger partial charge in [-0.1, -0.05) is 18.2 Å². The smallest absolute Gasteiger partial charge is 0.191 e. The van der Waals surface area contributed by atoms with Crippen LogP contribution in [0, 0.1) is 5.82 Å². The van der Waals surface area contributed by atoms with E-state index in [1.54, 1.807) is 19.2 Å². The number of guanidine groups is 1. The minimum absolute atomic E-state index is 0.206. The molecule has 1 aliphatic heterocycles. The largest absolute Gasteiger partial charge is 0.375 e. The molecule has 7 heteroatoms. The standard InChI is InChI=1S/C21H28FN5O/c1-16-15-27(10-11-28-16)20-7-6-18(13-25-20)14-26-21(23-2)24-9-8-17-4-3-5-19(22)12-17/h3-7,12-13,16H,8-11,14-15H2,1-2H3,(H2,23,24,26). The summed E-state index contributed by atoms with van der Waals surface area (Å²) in [5.41, 5.74) is 2.04. The molecule has 0 amide bonds. The van der Waals surface area contributed by atoms with Crippen molar-refractivity contribution in [2.45, 2.75) is 26.0 Å². The number of hydrogen-bond acceptors (Lipinski definition) is 4. The Labute approximate surface area is 165 Å². The van der Waals surface area contributed by atoms with E-state index in [1.165, 1.54) is 6.07 Å². The van der Waals surface area contributed by atoms with E-state index >= 15 is 0 Å². The van der Waals surface area contributed by atoms with Gasteiger partial charge in [-0.2, -0.15) is 0 Å². The van der Waals surface area contributed by atoms with Gasteiger partial charge in [0.25, 0.3) is 0 Å². The Bertz CT molecular complexity index is 781. The molecule has 150 valence electrons. The van der Waals surface area contributed by atoms with E-state index in [0.717, 1.165) is 43.1 Å². The molecule has 2 N–H and O–H groups in total. The molecule has 1 fully saturated rings. The van der Waals surface area contributed by atoms with E-state index in [1.807, 2.05) is 12.3 Å². The lowest BCUT2D eigenvalue weighted by molar-refractivity contribution is 0.0529. The van der Waals surface area contributed by atoms with Gasteiger partial charge in [0.1, 0.15) is 11.6 Å². The van der Waals surface area contributed by atoms with E-state index in [2.05, 4.69) is 44.6 Å². The van der Waals surface area contributed by atoms with Crippen LogP contribution in [0.5, 0.6) is 0 Å². The highest BCUT2D eigenvalue weighted by Crippen LogP contribution is 2.15. The van der Waals surface area contributed by atoms with Gasteiger partial charge in [-0.05, 0) is 42.7 Å². The SMILES string of the molecule is CN=C(NCCc1cccc(F)c1)NCc1ccc(N2CCOC(C)C2)nc1. The van der Waals surface area contributed by atoms with Crippen LogP contribution in [-0.2, 0) is 17.7 Å². The number of pyridine rings is 1. The van der Waals surface area contributed by atoms with Crippen LogP contribution < -0.4 is 15.5 Å². The van der Waals surface area contributed by atoms with Crippen LogP contribution in [-0.4, -0.2) is 50.3 Å². The molecule has 28 heavy (non-hydrogen) atoms. The van der Waals surface area contributed by atoms with Gasteiger partial charge in [0, 0.05) is 39.4 Å². The van der Waals surface area contributed by atoms with Gasteiger partial charge in [0.2, 0.25) is 0 Å². The summed E-state index contributed by atoms with van der Waals surface area (Å²) in [6.45, 7) is 5.87. The molecule has 2 aromatic rings. The predicted molar refractivity (Wildman–Crippen MR) is 110 cm³/mol. The molecule has 0 saturated carbocycles. The molecule has 1 atom stereocenters. The van der Waals surface area contributed by atoms with Crippen LogP contribution in [0.3, 0.4) is 0 Å². The number of rotatable bonds is 6. The predicted octanol–water partition coefficient (Wildman–Crippen LogP) is 2.35. The number of aromatic nitrogens is 1. The van der Waals surface area contributed by atoms with Crippen molar-refractivity contribution in [1.29, 1.82) is 0 Å².